The summed E-state index contributed by atoms with van der Waals surface area (Å²) in [6, 6.07) is 6.14. The van der Waals surface area contributed by atoms with Gasteiger partial charge in [0.1, 0.15) is 11.8 Å². The van der Waals surface area contributed by atoms with Gasteiger partial charge in [-0.3, -0.25) is 19.3 Å². The third-order valence-electron chi connectivity index (χ3n) is 5.61. The molecule has 4 atom stereocenters. The second-order valence-corrected chi connectivity index (χ2v) is 7.01. The number of ether oxygens (including phenoxy) is 3. The summed E-state index contributed by atoms with van der Waals surface area (Å²) in [7, 11) is 1.10. The molecule has 2 aliphatic heterocycles. The molecule has 2 aliphatic rings. The molecular formula is C20H23NO8. The van der Waals surface area contributed by atoms with Crippen molar-refractivity contribution < 1.29 is 38.5 Å². The topological polar surface area (TPSA) is 119 Å². The van der Waals surface area contributed by atoms with Crippen LogP contribution in [0.1, 0.15) is 36.7 Å². The molecule has 1 fully saturated rings. The fourth-order valence-electron chi connectivity index (χ4n) is 4.51. The number of rotatable bonds is 5. The third-order valence-corrected chi connectivity index (χ3v) is 5.61. The van der Waals surface area contributed by atoms with Crippen LogP contribution in [-0.2, 0) is 34.3 Å². The normalized spacial score (nSPS) is 29.8. The lowest BCUT2D eigenvalue weighted by molar-refractivity contribution is -0.173. The van der Waals surface area contributed by atoms with Crippen LogP contribution in [0.5, 0.6) is 0 Å². The number of nitrogens with zero attached hydrogens (tertiary/aromatic N) is 1. The van der Waals surface area contributed by atoms with E-state index in [1.54, 1.807) is 26.0 Å². The molecule has 1 N–H and O–H groups in total. The molecular weight excluding hydrogens is 382 g/mol. The van der Waals surface area contributed by atoms with Gasteiger partial charge in [-0.1, -0.05) is 18.2 Å². The van der Waals surface area contributed by atoms with Crippen LogP contribution in [0.4, 0.5) is 0 Å². The molecule has 9 nitrogen and oxygen atoms in total. The number of esters is 3. The van der Waals surface area contributed by atoms with E-state index in [4.69, 9.17) is 14.2 Å². The van der Waals surface area contributed by atoms with Gasteiger partial charge in [0, 0.05) is 11.1 Å². The number of aliphatic hydroxyl groups is 1. The summed E-state index contributed by atoms with van der Waals surface area (Å²) in [5, 5.41) is 11.8. The highest BCUT2D eigenvalue weighted by Crippen LogP contribution is 2.58. The highest BCUT2D eigenvalue weighted by Gasteiger charge is 2.77. The number of fused-ring (bicyclic) bond motifs is 3. The lowest BCUT2D eigenvalue weighted by Gasteiger charge is -2.37. The van der Waals surface area contributed by atoms with Crippen LogP contribution >= 0.6 is 0 Å². The zero-order valence-corrected chi connectivity index (χ0v) is 16.6. The fourth-order valence-corrected chi connectivity index (χ4v) is 4.51. The van der Waals surface area contributed by atoms with Gasteiger partial charge in [-0.2, -0.15) is 0 Å². The van der Waals surface area contributed by atoms with E-state index in [1.807, 2.05) is 0 Å². The molecule has 1 saturated heterocycles. The Morgan fingerprint density at radius 3 is 2.17 bits per heavy atom. The summed E-state index contributed by atoms with van der Waals surface area (Å²) in [5.41, 5.74) is -4.03. The molecule has 2 heterocycles. The van der Waals surface area contributed by atoms with Crippen molar-refractivity contribution >= 4 is 23.8 Å². The highest BCUT2D eigenvalue weighted by atomic mass is 16.5. The van der Waals surface area contributed by atoms with E-state index in [0.29, 0.717) is 0 Å². The number of hydrogen-bond acceptors (Lipinski definition) is 8. The Balaban J connectivity index is 2.34. The molecule has 0 bridgehead atoms. The molecule has 0 saturated carbocycles. The molecule has 29 heavy (non-hydrogen) atoms. The Morgan fingerprint density at radius 1 is 1.07 bits per heavy atom. The smallest absolute Gasteiger partial charge is 0.332 e. The molecule has 0 unspecified atom stereocenters. The number of hydrogen-bond donors (Lipinski definition) is 1. The maximum absolute atomic E-state index is 13.2. The van der Waals surface area contributed by atoms with Gasteiger partial charge >= 0.3 is 17.9 Å². The van der Waals surface area contributed by atoms with Crippen LogP contribution in [0.25, 0.3) is 0 Å². The standard InChI is InChI=1S/C20H23NO8/c1-5-28-16(23)13-14(17(24)29-6-2)20(26)12-10-8-7-9-11(12)15(22)21(20)19(13,3)18(25)27-4/h7-10,13-14,26H,5-6H2,1-4H3/t13-,14-,19-,20+/m0/s1. The molecule has 0 radical (unpaired) electrons. The van der Waals surface area contributed by atoms with E-state index < -0.39 is 46.9 Å². The summed E-state index contributed by atoms with van der Waals surface area (Å²) in [5.74, 6) is -6.60. The molecule has 9 heteroatoms. The van der Waals surface area contributed by atoms with Crippen molar-refractivity contribution in [3.8, 4) is 0 Å². The molecule has 0 spiro atoms. The van der Waals surface area contributed by atoms with Gasteiger partial charge in [-0.25, -0.2) is 4.79 Å². The van der Waals surface area contributed by atoms with E-state index in [-0.39, 0.29) is 24.3 Å². The van der Waals surface area contributed by atoms with Gasteiger partial charge in [0.05, 0.1) is 20.3 Å². The maximum Gasteiger partial charge on any atom is 0.332 e. The Morgan fingerprint density at radius 2 is 1.62 bits per heavy atom. The molecule has 0 aliphatic carbocycles. The Kier molecular flexibility index (Phi) is 5.12. The summed E-state index contributed by atoms with van der Waals surface area (Å²) in [6.45, 7) is 4.38. The summed E-state index contributed by atoms with van der Waals surface area (Å²) in [4.78, 5) is 52.8. The first-order valence-corrected chi connectivity index (χ1v) is 9.29. The first-order valence-electron chi connectivity index (χ1n) is 9.29. The van der Waals surface area contributed by atoms with E-state index in [2.05, 4.69) is 0 Å². The molecule has 3 rings (SSSR count). The minimum atomic E-state index is -2.28. The SMILES string of the molecule is CCOC(=O)[C@@H]1[C@@H](C(=O)OCC)[C@@](C)(C(=O)OC)N2C(=O)c3ccccc3[C@@]12O. The van der Waals surface area contributed by atoms with E-state index >= 15 is 0 Å². The minimum Gasteiger partial charge on any atom is -0.467 e. The first-order chi connectivity index (χ1) is 13.7. The van der Waals surface area contributed by atoms with Gasteiger partial charge < -0.3 is 19.3 Å². The number of carbonyl (C=O) groups is 4. The van der Waals surface area contributed by atoms with Gasteiger partial charge in [0.2, 0.25) is 0 Å². The van der Waals surface area contributed by atoms with Crippen molar-refractivity contribution in [3.05, 3.63) is 35.4 Å². The molecule has 156 valence electrons. The number of methoxy groups -OCH3 is 1. The predicted molar refractivity (Wildman–Crippen MR) is 97.2 cm³/mol. The second-order valence-electron chi connectivity index (χ2n) is 7.01. The van der Waals surface area contributed by atoms with Gasteiger partial charge in [-0.05, 0) is 26.8 Å². The van der Waals surface area contributed by atoms with Gasteiger partial charge in [0.25, 0.3) is 5.91 Å². The Bertz CT molecular complexity index is 883. The average molecular weight is 405 g/mol. The first kappa shape index (κ1) is 20.8. The zero-order chi connectivity index (χ0) is 21.6. The minimum absolute atomic E-state index is 0.0223. The Labute approximate surface area is 167 Å². The van der Waals surface area contributed by atoms with Gasteiger partial charge in [0.15, 0.2) is 11.3 Å². The van der Waals surface area contributed by atoms with Crippen LogP contribution in [-0.4, -0.2) is 59.7 Å². The second kappa shape index (κ2) is 7.14. The van der Waals surface area contributed by atoms with E-state index in [0.717, 1.165) is 12.0 Å². The predicted octanol–water partition coefficient (Wildman–Crippen LogP) is 0.591. The summed E-state index contributed by atoms with van der Waals surface area (Å²) < 4.78 is 15.1. The third kappa shape index (κ3) is 2.57. The van der Waals surface area contributed by atoms with E-state index in [1.165, 1.54) is 19.1 Å². The van der Waals surface area contributed by atoms with Crippen LogP contribution in [0.3, 0.4) is 0 Å². The van der Waals surface area contributed by atoms with Crippen LogP contribution in [0.15, 0.2) is 24.3 Å². The Hall–Kier alpha value is -2.94. The molecule has 1 aromatic rings. The maximum atomic E-state index is 13.2. The summed E-state index contributed by atoms with van der Waals surface area (Å²) in [6.07, 6.45) is 0. The van der Waals surface area contributed by atoms with Crippen molar-refractivity contribution in [1.82, 2.24) is 4.90 Å². The van der Waals surface area contributed by atoms with Crippen molar-refractivity contribution in [2.45, 2.75) is 32.0 Å². The molecule has 1 amide bonds. The lowest BCUT2D eigenvalue weighted by atomic mass is 9.76. The van der Waals surface area contributed by atoms with Crippen LogP contribution < -0.4 is 0 Å². The highest BCUT2D eigenvalue weighted by molar-refractivity contribution is 6.07. The van der Waals surface area contributed by atoms with Crippen molar-refractivity contribution in [2.75, 3.05) is 20.3 Å². The quantitative estimate of drug-likeness (QED) is 0.558. The summed E-state index contributed by atoms with van der Waals surface area (Å²) >= 11 is 0. The van der Waals surface area contributed by atoms with Crippen LogP contribution in [0.2, 0.25) is 0 Å². The zero-order valence-electron chi connectivity index (χ0n) is 16.6. The molecule has 1 aromatic carbocycles. The van der Waals surface area contributed by atoms with Crippen molar-refractivity contribution in [2.24, 2.45) is 11.8 Å². The van der Waals surface area contributed by atoms with E-state index in [9.17, 15) is 24.3 Å². The van der Waals surface area contributed by atoms with Crippen LogP contribution in [0, 0.1) is 11.8 Å². The molecule has 0 aromatic heterocycles. The monoisotopic (exact) mass is 405 g/mol. The number of benzene rings is 1. The number of carbonyl (C=O) groups excluding carboxylic acids is 4. The average Bonchev–Trinajstić information content (AvgIpc) is 3.06. The fraction of sp³-hybridized carbons (Fsp3) is 0.500. The van der Waals surface area contributed by atoms with Crippen molar-refractivity contribution in [3.63, 3.8) is 0 Å². The largest absolute Gasteiger partial charge is 0.467 e. The van der Waals surface area contributed by atoms with Crippen molar-refractivity contribution in [1.29, 1.82) is 0 Å². The van der Waals surface area contributed by atoms with Gasteiger partial charge in [-0.15, -0.1) is 0 Å². The number of amides is 1. The lowest BCUT2D eigenvalue weighted by Crippen LogP contribution is -2.58.